The fourth-order valence-electron chi connectivity index (χ4n) is 2.85. The minimum absolute atomic E-state index is 0.00531. The summed E-state index contributed by atoms with van der Waals surface area (Å²) in [6, 6.07) is 5.59. The molecule has 0 radical (unpaired) electrons. The molecular formula is C17H23NO5. The Kier molecular flexibility index (Phi) is 5.84. The van der Waals surface area contributed by atoms with Gasteiger partial charge in [0.2, 0.25) is 5.91 Å². The molecule has 1 aliphatic heterocycles. The Morgan fingerprint density at radius 1 is 1.26 bits per heavy atom. The predicted octanol–water partition coefficient (Wildman–Crippen LogP) is 1.96. The Bertz CT molecular complexity index is 572. The Morgan fingerprint density at radius 3 is 2.65 bits per heavy atom. The highest BCUT2D eigenvalue weighted by atomic mass is 16.5. The van der Waals surface area contributed by atoms with Crippen molar-refractivity contribution in [3.05, 3.63) is 23.8 Å². The van der Waals surface area contributed by atoms with Gasteiger partial charge in [-0.15, -0.1) is 0 Å². The van der Waals surface area contributed by atoms with Crippen LogP contribution in [0.3, 0.4) is 0 Å². The summed E-state index contributed by atoms with van der Waals surface area (Å²) in [6.45, 7) is 0.967. The molecule has 1 atom stereocenters. The summed E-state index contributed by atoms with van der Waals surface area (Å²) in [5.74, 6) is 0.0474. The third-order valence-corrected chi connectivity index (χ3v) is 4.20. The number of benzene rings is 1. The van der Waals surface area contributed by atoms with Crippen LogP contribution in [-0.2, 0) is 16.0 Å². The second kappa shape index (κ2) is 7.85. The molecule has 1 N–H and O–H groups in total. The Labute approximate surface area is 136 Å². The third kappa shape index (κ3) is 4.37. The number of likely N-dealkylation sites (tertiary alicyclic amines) is 1. The standard InChI is InChI=1S/C17H23NO5/c1-22-14-7-5-12(10-15(14)23-2)6-8-16(19)18-9-3-4-13(11-18)17(20)21/h5,7,10,13H,3-4,6,8-9,11H2,1-2H3,(H,20,21)/t13-/m1/s1. The molecule has 0 saturated carbocycles. The lowest BCUT2D eigenvalue weighted by atomic mass is 9.97. The fraction of sp³-hybridized carbons (Fsp3) is 0.529. The van der Waals surface area contributed by atoms with E-state index in [0.717, 1.165) is 12.0 Å². The van der Waals surface area contributed by atoms with E-state index >= 15 is 0 Å². The second-order valence-corrected chi connectivity index (χ2v) is 5.71. The summed E-state index contributed by atoms with van der Waals surface area (Å²) in [7, 11) is 3.16. The van der Waals surface area contributed by atoms with E-state index in [0.29, 0.717) is 43.9 Å². The number of aliphatic carboxylic acids is 1. The molecule has 1 saturated heterocycles. The van der Waals surface area contributed by atoms with Crippen LogP contribution in [0.1, 0.15) is 24.8 Å². The first-order valence-corrected chi connectivity index (χ1v) is 7.76. The number of carbonyl (C=O) groups is 2. The topological polar surface area (TPSA) is 76.1 Å². The zero-order chi connectivity index (χ0) is 16.8. The molecule has 23 heavy (non-hydrogen) atoms. The Hall–Kier alpha value is -2.24. The van der Waals surface area contributed by atoms with Crippen molar-refractivity contribution in [2.75, 3.05) is 27.3 Å². The average Bonchev–Trinajstić information content (AvgIpc) is 2.59. The van der Waals surface area contributed by atoms with E-state index in [4.69, 9.17) is 14.6 Å². The smallest absolute Gasteiger partial charge is 0.308 e. The minimum atomic E-state index is -0.817. The van der Waals surface area contributed by atoms with Crippen molar-refractivity contribution in [1.29, 1.82) is 0 Å². The van der Waals surface area contributed by atoms with Crippen LogP contribution in [0.15, 0.2) is 18.2 Å². The number of aryl methyl sites for hydroxylation is 1. The second-order valence-electron chi connectivity index (χ2n) is 5.71. The largest absolute Gasteiger partial charge is 0.493 e. The predicted molar refractivity (Wildman–Crippen MR) is 84.8 cm³/mol. The van der Waals surface area contributed by atoms with Crippen LogP contribution in [0.2, 0.25) is 0 Å². The van der Waals surface area contributed by atoms with Gasteiger partial charge in [-0.25, -0.2) is 0 Å². The minimum Gasteiger partial charge on any atom is -0.493 e. The molecule has 126 valence electrons. The molecule has 1 amide bonds. The number of piperidine rings is 1. The molecule has 1 aliphatic rings. The van der Waals surface area contributed by atoms with Crippen LogP contribution in [0.5, 0.6) is 11.5 Å². The highest BCUT2D eigenvalue weighted by molar-refractivity contribution is 5.78. The number of carboxylic acids is 1. The molecule has 0 unspecified atom stereocenters. The molecule has 0 aromatic heterocycles. The lowest BCUT2D eigenvalue weighted by Gasteiger charge is -2.30. The molecule has 1 heterocycles. The number of carbonyl (C=O) groups excluding carboxylic acids is 1. The van der Waals surface area contributed by atoms with Gasteiger partial charge in [0.1, 0.15) is 0 Å². The zero-order valence-electron chi connectivity index (χ0n) is 13.6. The SMILES string of the molecule is COc1ccc(CCC(=O)N2CCC[C@@H](C(=O)O)C2)cc1OC. The van der Waals surface area contributed by atoms with Gasteiger partial charge in [0.05, 0.1) is 20.1 Å². The van der Waals surface area contributed by atoms with Crippen molar-refractivity contribution in [3.63, 3.8) is 0 Å². The van der Waals surface area contributed by atoms with Crippen molar-refractivity contribution in [2.45, 2.75) is 25.7 Å². The van der Waals surface area contributed by atoms with Crippen LogP contribution in [0, 0.1) is 5.92 Å². The average molecular weight is 321 g/mol. The van der Waals surface area contributed by atoms with Gasteiger partial charge in [-0.05, 0) is 37.0 Å². The molecule has 6 nitrogen and oxygen atoms in total. The quantitative estimate of drug-likeness (QED) is 0.867. The monoisotopic (exact) mass is 321 g/mol. The molecule has 6 heteroatoms. The highest BCUT2D eigenvalue weighted by Crippen LogP contribution is 2.28. The van der Waals surface area contributed by atoms with Gasteiger partial charge in [-0.3, -0.25) is 9.59 Å². The van der Waals surface area contributed by atoms with Crippen LogP contribution in [0.4, 0.5) is 0 Å². The van der Waals surface area contributed by atoms with E-state index < -0.39 is 11.9 Å². The van der Waals surface area contributed by atoms with Gasteiger partial charge in [-0.1, -0.05) is 6.07 Å². The number of methoxy groups -OCH3 is 2. The number of nitrogens with zero attached hydrogens (tertiary/aromatic N) is 1. The van der Waals surface area contributed by atoms with E-state index in [1.165, 1.54) is 0 Å². The highest BCUT2D eigenvalue weighted by Gasteiger charge is 2.27. The summed E-state index contributed by atoms with van der Waals surface area (Å²) in [6.07, 6.45) is 2.35. The summed E-state index contributed by atoms with van der Waals surface area (Å²) in [4.78, 5) is 25.0. The van der Waals surface area contributed by atoms with Gasteiger partial charge >= 0.3 is 5.97 Å². The van der Waals surface area contributed by atoms with E-state index in [1.807, 2.05) is 18.2 Å². The third-order valence-electron chi connectivity index (χ3n) is 4.20. The number of ether oxygens (including phenoxy) is 2. The molecular weight excluding hydrogens is 298 g/mol. The maximum Gasteiger partial charge on any atom is 0.308 e. The van der Waals surface area contributed by atoms with Crippen LogP contribution in [0.25, 0.3) is 0 Å². The van der Waals surface area contributed by atoms with Gasteiger partial charge in [0.15, 0.2) is 11.5 Å². The Balaban J connectivity index is 1.92. The first-order valence-electron chi connectivity index (χ1n) is 7.76. The van der Waals surface area contributed by atoms with Gasteiger partial charge in [0, 0.05) is 19.5 Å². The molecule has 1 fully saturated rings. The van der Waals surface area contributed by atoms with Crippen LogP contribution in [-0.4, -0.2) is 49.2 Å². The Morgan fingerprint density at radius 2 is 2.00 bits per heavy atom. The molecule has 0 bridgehead atoms. The molecule has 2 rings (SSSR count). The summed E-state index contributed by atoms with van der Waals surface area (Å²) < 4.78 is 10.4. The normalized spacial score (nSPS) is 17.7. The first kappa shape index (κ1) is 17.1. The summed E-state index contributed by atoms with van der Waals surface area (Å²) >= 11 is 0. The molecule has 0 aliphatic carbocycles. The van der Waals surface area contributed by atoms with E-state index in [9.17, 15) is 9.59 Å². The lowest BCUT2D eigenvalue weighted by molar-refractivity contribution is -0.145. The van der Waals surface area contributed by atoms with Gasteiger partial charge in [0.25, 0.3) is 0 Å². The summed E-state index contributed by atoms with van der Waals surface area (Å²) in [5.41, 5.74) is 0.989. The van der Waals surface area contributed by atoms with Crippen molar-refractivity contribution in [3.8, 4) is 11.5 Å². The maximum absolute atomic E-state index is 12.3. The van der Waals surface area contributed by atoms with Crippen molar-refractivity contribution >= 4 is 11.9 Å². The fourth-order valence-corrected chi connectivity index (χ4v) is 2.85. The number of hydrogen-bond acceptors (Lipinski definition) is 4. The zero-order valence-corrected chi connectivity index (χ0v) is 13.6. The van der Waals surface area contributed by atoms with Crippen molar-refractivity contribution < 1.29 is 24.2 Å². The number of amides is 1. The van der Waals surface area contributed by atoms with Crippen molar-refractivity contribution in [2.24, 2.45) is 5.92 Å². The molecule has 1 aromatic carbocycles. The number of hydrogen-bond donors (Lipinski definition) is 1. The van der Waals surface area contributed by atoms with Crippen LogP contribution >= 0.6 is 0 Å². The summed E-state index contributed by atoms with van der Waals surface area (Å²) in [5, 5.41) is 9.09. The number of rotatable bonds is 6. The van der Waals surface area contributed by atoms with E-state index in [2.05, 4.69) is 0 Å². The van der Waals surface area contributed by atoms with Gasteiger partial charge < -0.3 is 19.5 Å². The van der Waals surface area contributed by atoms with E-state index in [1.54, 1.807) is 19.1 Å². The van der Waals surface area contributed by atoms with Crippen molar-refractivity contribution in [1.82, 2.24) is 4.90 Å². The first-order chi connectivity index (χ1) is 11.0. The van der Waals surface area contributed by atoms with Crippen LogP contribution < -0.4 is 9.47 Å². The number of carboxylic acid groups (broad SMARTS) is 1. The molecule has 1 aromatic rings. The van der Waals surface area contributed by atoms with Gasteiger partial charge in [-0.2, -0.15) is 0 Å². The lowest BCUT2D eigenvalue weighted by Crippen LogP contribution is -2.42. The van der Waals surface area contributed by atoms with E-state index in [-0.39, 0.29) is 5.91 Å². The molecule has 0 spiro atoms. The maximum atomic E-state index is 12.3.